The molecule has 15 nitrogen and oxygen atoms in total. The summed E-state index contributed by atoms with van der Waals surface area (Å²) in [4.78, 5) is 79.2. The number of hydrogen-bond donors (Lipinski definition) is 1. The molecule has 4 aromatic rings. The molecule has 0 saturated carbocycles. The Morgan fingerprint density at radius 3 is 2.15 bits per heavy atom. The Labute approximate surface area is 360 Å². The van der Waals surface area contributed by atoms with Gasteiger partial charge in [-0.3, -0.25) is 39.1 Å². The van der Waals surface area contributed by atoms with Crippen LogP contribution in [-0.4, -0.2) is 127 Å². The van der Waals surface area contributed by atoms with Crippen LogP contribution in [0.5, 0.6) is 11.5 Å². The van der Waals surface area contributed by atoms with Crippen molar-refractivity contribution in [2.45, 2.75) is 57.5 Å². The molecular weight excluding hydrogens is 789 g/mol. The van der Waals surface area contributed by atoms with Crippen molar-refractivity contribution in [1.29, 1.82) is 0 Å². The average molecular weight is 843 g/mol. The normalized spacial score (nSPS) is 21.9. The summed E-state index contributed by atoms with van der Waals surface area (Å²) in [6.07, 6.45) is 9.54. The summed E-state index contributed by atoms with van der Waals surface area (Å²) >= 11 is 0. The molecule has 1 N–H and O–H groups in total. The van der Waals surface area contributed by atoms with Crippen molar-refractivity contribution >= 4 is 45.9 Å². The van der Waals surface area contributed by atoms with E-state index in [9.17, 15) is 24.0 Å². The number of anilines is 2. The number of imide groups is 2. The zero-order chi connectivity index (χ0) is 42.9. The van der Waals surface area contributed by atoms with Crippen molar-refractivity contribution < 1.29 is 28.7 Å². The number of benzene rings is 2. The Balaban J connectivity index is 0.731. The zero-order valence-electron chi connectivity index (χ0n) is 35.8. The number of fused-ring (bicyclic) bond motifs is 2. The van der Waals surface area contributed by atoms with Gasteiger partial charge in [0.2, 0.25) is 11.8 Å². The first-order chi connectivity index (χ1) is 30.0. The van der Waals surface area contributed by atoms with Crippen LogP contribution in [0, 0.1) is 11.3 Å². The van der Waals surface area contributed by atoms with Gasteiger partial charge >= 0.3 is 0 Å². The molecule has 0 bridgehead atoms. The number of amides is 4. The minimum Gasteiger partial charge on any atom is -0.496 e. The van der Waals surface area contributed by atoms with Gasteiger partial charge in [0.1, 0.15) is 23.4 Å². The number of piperidine rings is 3. The summed E-state index contributed by atoms with van der Waals surface area (Å²) in [6.45, 7) is 9.79. The standard InChI is InChI=1S/C47H54N8O7/c1-50-25-36(33-22-41(53-13-4-14-53)48-23-35(33)44(50)58)30-19-39(61-2)37(40(20-30)62-3)26-51-15-9-29(10-16-51)24-52-17-11-47(12-18-52)27-54(28-47)31-5-6-32-34(21-31)46(60)55(45(32)59)38-7-8-42(56)49-43(38)57/h5-6,19-23,25,29,38H,4,7-18,24,26-28H2,1-3H3,(H,49,56,57). The van der Waals surface area contributed by atoms with Crippen LogP contribution >= 0.6 is 0 Å². The van der Waals surface area contributed by atoms with Crippen molar-refractivity contribution in [3.05, 3.63) is 75.8 Å². The lowest BCUT2D eigenvalue weighted by Gasteiger charge is -2.55. The first kappa shape index (κ1) is 40.3. The van der Waals surface area contributed by atoms with Crippen LogP contribution in [0.4, 0.5) is 11.5 Å². The maximum absolute atomic E-state index is 13.4. The fourth-order valence-corrected chi connectivity index (χ4v) is 10.6. The molecule has 324 valence electrons. The van der Waals surface area contributed by atoms with Gasteiger partial charge in [-0.25, -0.2) is 4.98 Å². The van der Waals surface area contributed by atoms with E-state index in [0.29, 0.717) is 22.4 Å². The van der Waals surface area contributed by atoms with E-state index in [-0.39, 0.29) is 29.7 Å². The minimum absolute atomic E-state index is 0.0720. The van der Waals surface area contributed by atoms with E-state index < -0.39 is 23.8 Å². The second-order valence-electron chi connectivity index (χ2n) is 18.3. The Kier molecular flexibility index (Phi) is 10.3. The molecule has 1 spiro atoms. The van der Waals surface area contributed by atoms with Gasteiger partial charge in [-0.2, -0.15) is 0 Å². The summed E-state index contributed by atoms with van der Waals surface area (Å²) in [5.74, 6) is 1.16. The molecule has 0 radical (unpaired) electrons. The molecule has 5 saturated heterocycles. The highest BCUT2D eigenvalue weighted by molar-refractivity contribution is 6.23. The van der Waals surface area contributed by atoms with E-state index in [0.717, 1.165) is 148 Å². The summed E-state index contributed by atoms with van der Waals surface area (Å²) in [5.41, 5.74) is 4.64. The van der Waals surface area contributed by atoms with Crippen LogP contribution in [-0.2, 0) is 23.2 Å². The molecule has 2 aromatic carbocycles. The molecule has 6 aliphatic rings. The third-order valence-corrected chi connectivity index (χ3v) is 14.5. The third-order valence-electron chi connectivity index (χ3n) is 14.5. The zero-order valence-corrected chi connectivity index (χ0v) is 35.8. The number of ether oxygens (including phenoxy) is 2. The van der Waals surface area contributed by atoms with Crippen molar-refractivity contribution in [3.8, 4) is 22.6 Å². The number of carbonyl (C=O) groups is 4. The predicted octanol–water partition coefficient (Wildman–Crippen LogP) is 4.04. The smallest absolute Gasteiger partial charge is 0.262 e. The quantitative estimate of drug-likeness (QED) is 0.230. The van der Waals surface area contributed by atoms with Crippen LogP contribution in [0.2, 0.25) is 0 Å². The maximum atomic E-state index is 13.4. The molecule has 5 fully saturated rings. The van der Waals surface area contributed by atoms with Crippen LogP contribution < -0.4 is 30.1 Å². The topological polar surface area (TPSA) is 150 Å². The van der Waals surface area contributed by atoms with E-state index in [1.807, 2.05) is 18.3 Å². The molecule has 2 aromatic heterocycles. The van der Waals surface area contributed by atoms with Gasteiger partial charge < -0.3 is 28.7 Å². The third kappa shape index (κ3) is 7.08. The molecule has 15 heteroatoms. The fourth-order valence-electron chi connectivity index (χ4n) is 10.6. The molecule has 6 aliphatic heterocycles. The maximum Gasteiger partial charge on any atom is 0.262 e. The van der Waals surface area contributed by atoms with Crippen LogP contribution in [0.3, 0.4) is 0 Å². The highest BCUT2D eigenvalue weighted by Gasteiger charge is 2.47. The summed E-state index contributed by atoms with van der Waals surface area (Å²) < 4.78 is 13.7. The number of likely N-dealkylation sites (tertiary alicyclic amines) is 2. The van der Waals surface area contributed by atoms with Crippen molar-refractivity contribution in [2.75, 3.05) is 82.9 Å². The molecule has 1 unspecified atom stereocenters. The number of aryl methyl sites for hydroxylation is 1. The van der Waals surface area contributed by atoms with Gasteiger partial charge in [0.05, 0.1) is 36.3 Å². The van der Waals surface area contributed by atoms with Gasteiger partial charge in [-0.1, -0.05) is 0 Å². The van der Waals surface area contributed by atoms with E-state index in [1.165, 1.54) is 0 Å². The lowest BCUT2D eigenvalue weighted by Crippen LogP contribution is -2.60. The number of nitrogens with one attached hydrogen (secondary N) is 1. The van der Waals surface area contributed by atoms with E-state index >= 15 is 0 Å². The van der Waals surface area contributed by atoms with Crippen molar-refractivity contribution in [3.63, 3.8) is 0 Å². The molecule has 4 amide bonds. The largest absolute Gasteiger partial charge is 0.496 e. The van der Waals surface area contributed by atoms with Gasteiger partial charge in [0.25, 0.3) is 17.4 Å². The highest BCUT2D eigenvalue weighted by Crippen LogP contribution is 2.44. The number of carbonyl (C=O) groups excluding carboxylic acids is 4. The second-order valence-corrected chi connectivity index (χ2v) is 18.3. The van der Waals surface area contributed by atoms with Gasteiger partial charge in [-0.05, 0) is 113 Å². The summed E-state index contributed by atoms with van der Waals surface area (Å²) in [5, 5.41) is 3.72. The first-order valence-corrected chi connectivity index (χ1v) is 22.1. The van der Waals surface area contributed by atoms with Crippen LogP contribution in [0.1, 0.15) is 71.2 Å². The van der Waals surface area contributed by atoms with E-state index in [1.54, 1.807) is 44.2 Å². The summed E-state index contributed by atoms with van der Waals surface area (Å²) in [7, 11) is 5.20. The Morgan fingerprint density at radius 1 is 0.774 bits per heavy atom. The number of methoxy groups -OCH3 is 2. The van der Waals surface area contributed by atoms with Crippen molar-refractivity contribution in [2.24, 2.45) is 18.4 Å². The van der Waals surface area contributed by atoms with Gasteiger partial charge in [-0.15, -0.1) is 0 Å². The molecular formula is C47H54N8O7. The Hall–Kier alpha value is -5.80. The van der Waals surface area contributed by atoms with Crippen molar-refractivity contribution in [1.82, 2.24) is 29.6 Å². The number of aromatic nitrogens is 2. The average Bonchev–Trinajstić information content (AvgIpc) is 3.49. The molecule has 0 aliphatic carbocycles. The predicted molar refractivity (Wildman–Crippen MR) is 234 cm³/mol. The van der Waals surface area contributed by atoms with Crippen LogP contribution in [0.15, 0.2) is 53.6 Å². The monoisotopic (exact) mass is 842 g/mol. The highest BCUT2D eigenvalue weighted by atomic mass is 16.5. The molecule has 8 heterocycles. The second kappa shape index (κ2) is 15.8. The molecule has 62 heavy (non-hydrogen) atoms. The van der Waals surface area contributed by atoms with E-state index in [4.69, 9.17) is 9.47 Å². The molecule has 1 atom stereocenters. The number of pyridine rings is 2. The number of rotatable bonds is 10. The van der Waals surface area contributed by atoms with Crippen LogP contribution in [0.25, 0.3) is 21.9 Å². The Bertz CT molecular complexity index is 2520. The summed E-state index contributed by atoms with van der Waals surface area (Å²) in [6, 6.07) is 10.6. The lowest BCUT2D eigenvalue weighted by atomic mass is 9.71. The van der Waals surface area contributed by atoms with E-state index in [2.05, 4.69) is 42.0 Å². The number of hydrogen-bond acceptors (Lipinski definition) is 12. The minimum atomic E-state index is -0.962. The molecule has 10 rings (SSSR count). The SMILES string of the molecule is COc1cc(-c2cn(C)c(=O)c3cnc(N4CCC4)cc23)cc(OC)c1CN1CCC(CN2CCC3(CC2)CN(c2ccc4c(c2)C(=O)N(C2CCC(=O)NC2=O)C4=O)C3)CC1. The van der Waals surface area contributed by atoms with Gasteiger partial charge in [0.15, 0.2) is 0 Å². The fraction of sp³-hybridized carbons (Fsp3) is 0.489. The Morgan fingerprint density at radius 2 is 1.48 bits per heavy atom. The first-order valence-electron chi connectivity index (χ1n) is 22.1. The lowest BCUT2D eigenvalue weighted by molar-refractivity contribution is -0.136. The number of nitrogens with zero attached hydrogens (tertiary/aromatic N) is 7. The van der Waals surface area contributed by atoms with Gasteiger partial charge in [0, 0.05) is 87.2 Å².